The molecule has 1 unspecified atom stereocenters. The Morgan fingerprint density at radius 2 is 2.06 bits per heavy atom. The Morgan fingerprint density at radius 1 is 1.38 bits per heavy atom. The summed E-state index contributed by atoms with van der Waals surface area (Å²) in [6.07, 6.45) is 0.909. The molecular weight excluding hydrogens is 202 g/mol. The fourth-order valence-corrected chi connectivity index (χ4v) is 2.04. The van der Waals surface area contributed by atoms with Crippen LogP contribution < -0.4 is 0 Å². The van der Waals surface area contributed by atoms with E-state index in [-0.39, 0.29) is 5.92 Å². The monoisotopic (exact) mass is 227 g/mol. The molecule has 0 aromatic rings. The first-order chi connectivity index (χ1) is 7.50. The minimum atomic E-state index is 0.147. The maximum Gasteiger partial charge on any atom is 0.152 e. The Bertz CT molecular complexity index is 220. The molecule has 1 rings (SSSR count). The highest BCUT2D eigenvalue weighted by molar-refractivity contribution is 5.83. The van der Waals surface area contributed by atoms with Gasteiger partial charge in [0.15, 0.2) is 5.78 Å². The van der Waals surface area contributed by atoms with Gasteiger partial charge in [-0.3, -0.25) is 9.69 Å². The van der Waals surface area contributed by atoms with E-state index in [1.54, 1.807) is 0 Å². The Balaban J connectivity index is 2.43. The van der Waals surface area contributed by atoms with Crippen molar-refractivity contribution in [1.82, 2.24) is 4.90 Å². The largest absolute Gasteiger partial charge is 0.381 e. The molecule has 16 heavy (non-hydrogen) atoms. The highest BCUT2D eigenvalue weighted by Crippen LogP contribution is 2.15. The van der Waals surface area contributed by atoms with Gasteiger partial charge in [-0.25, -0.2) is 0 Å². The molecule has 1 aliphatic rings. The first-order valence-electron chi connectivity index (χ1n) is 6.35. The van der Waals surface area contributed by atoms with Crippen molar-refractivity contribution in [2.45, 2.75) is 40.2 Å². The van der Waals surface area contributed by atoms with Crippen molar-refractivity contribution in [3.63, 3.8) is 0 Å². The molecule has 3 nitrogen and oxygen atoms in total. The molecule has 94 valence electrons. The summed E-state index contributed by atoms with van der Waals surface area (Å²) in [5.41, 5.74) is 0. The van der Waals surface area contributed by atoms with Crippen LogP contribution in [0.3, 0.4) is 0 Å². The predicted octanol–water partition coefficient (Wildman–Crippen LogP) is 1.96. The standard InChI is InChI=1S/C13H25NO2/c1-10(2)7-14(11(3)4)8-13(15)12-5-6-16-9-12/h10-12H,5-9H2,1-4H3. The summed E-state index contributed by atoms with van der Waals surface area (Å²) in [6.45, 7) is 11.7. The van der Waals surface area contributed by atoms with Gasteiger partial charge in [0.25, 0.3) is 0 Å². The Hall–Kier alpha value is -0.410. The highest BCUT2D eigenvalue weighted by atomic mass is 16.5. The molecule has 0 bridgehead atoms. The predicted molar refractivity (Wildman–Crippen MR) is 65.5 cm³/mol. The number of rotatable bonds is 6. The number of carbonyl (C=O) groups excluding carboxylic acids is 1. The molecule has 1 atom stereocenters. The summed E-state index contributed by atoms with van der Waals surface area (Å²) in [7, 11) is 0. The lowest BCUT2D eigenvalue weighted by molar-refractivity contribution is -0.124. The molecule has 1 aliphatic heterocycles. The zero-order valence-corrected chi connectivity index (χ0v) is 11.0. The number of hydrogen-bond donors (Lipinski definition) is 0. The van der Waals surface area contributed by atoms with Gasteiger partial charge < -0.3 is 4.74 Å². The highest BCUT2D eigenvalue weighted by Gasteiger charge is 2.25. The number of ketones is 1. The molecular formula is C13H25NO2. The number of Topliss-reactive ketones (excluding diaryl/α,β-unsaturated/α-hetero) is 1. The average Bonchev–Trinajstić information content (AvgIpc) is 2.68. The summed E-state index contributed by atoms with van der Waals surface area (Å²) in [6, 6.07) is 0.439. The topological polar surface area (TPSA) is 29.5 Å². The van der Waals surface area contributed by atoms with Crippen LogP contribution in [0.5, 0.6) is 0 Å². The van der Waals surface area contributed by atoms with Crippen LogP contribution in [0.1, 0.15) is 34.1 Å². The molecule has 1 fully saturated rings. The summed E-state index contributed by atoms with van der Waals surface area (Å²) in [4.78, 5) is 14.3. The molecule has 0 aliphatic carbocycles. The Labute approximate surface area is 99.1 Å². The zero-order chi connectivity index (χ0) is 12.1. The van der Waals surface area contributed by atoms with Crippen molar-refractivity contribution in [3.8, 4) is 0 Å². The van der Waals surface area contributed by atoms with E-state index in [9.17, 15) is 4.79 Å². The molecule has 3 heteroatoms. The fourth-order valence-electron chi connectivity index (χ4n) is 2.04. The Kier molecular flexibility index (Phi) is 5.42. The summed E-state index contributed by atoms with van der Waals surface area (Å²) < 4.78 is 5.26. The van der Waals surface area contributed by atoms with Crippen molar-refractivity contribution in [2.24, 2.45) is 11.8 Å². The van der Waals surface area contributed by atoms with Crippen molar-refractivity contribution in [1.29, 1.82) is 0 Å². The van der Waals surface area contributed by atoms with Crippen molar-refractivity contribution in [3.05, 3.63) is 0 Å². The summed E-state index contributed by atoms with van der Waals surface area (Å²) in [5, 5.41) is 0. The lowest BCUT2D eigenvalue weighted by Gasteiger charge is -2.28. The third-order valence-electron chi connectivity index (χ3n) is 3.07. The van der Waals surface area contributed by atoms with E-state index in [1.165, 1.54) is 0 Å². The number of nitrogens with zero attached hydrogens (tertiary/aromatic N) is 1. The van der Waals surface area contributed by atoms with Gasteiger partial charge in [0.05, 0.1) is 13.2 Å². The van der Waals surface area contributed by atoms with Crippen molar-refractivity contribution < 1.29 is 9.53 Å². The normalized spacial score (nSPS) is 21.3. The first kappa shape index (κ1) is 13.7. The molecule has 0 amide bonds. The van der Waals surface area contributed by atoms with E-state index < -0.39 is 0 Å². The molecule has 1 saturated heterocycles. The van der Waals surface area contributed by atoms with E-state index in [0.717, 1.165) is 19.6 Å². The van der Waals surface area contributed by atoms with Crippen molar-refractivity contribution in [2.75, 3.05) is 26.3 Å². The van der Waals surface area contributed by atoms with E-state index in [2.05, 4.69) is 32.6 Å². The SMILES string of the molecule is CC(C)CN(CC(=O)C1CCOC1)C(C)C. The van der Waals surface area contributed by atoms with Gasteiger partial charge in [0, 0.05) is 25.1 Å². The smallest absolute Gasteiger partial charge is 0.152 e. The third-order valence-corrected chi connectivity index (χ3v) is 3.07. The lowest BCUT2D eigenvalue weighted by Crippen LogP contribution is -2.40. The van der Waals surface area contributed by atoms with Crippen LogP contribution >= 0.6 is 0 Å². The zero-order valence-electron chi connectivity index (χ0n) is 11.0. The second kappa shape index (κ2) is 6.36. The average molecular weight is 227 g/mol. The van der Waals surface area contributed by atoms with Gasteiger partial charge in [0.1, 0.15) is 0 Å². The maximum atomic E-state index is 12.0. The van der Waals surface area contributed by atoms with Crippen LogP contribution in [0.2, 0.25) is 0 Å². The minimum absolute atomic E-state index is 0.147. The van der Waals surface area contributed by atoms with Gasteiger partial charge in [-0.15, -0.1) is 0 Å². The maximum absolute atomic E-state index is 12.0. The van der Waals surface area contributed by atoms with Gasteiger partial charge in [0.2, 0.25) is 0 Å². The lowest BCUT2D eigenvalue weighted by atomic mass is 10.0. The van der Waals surface area contributed by atoms with Crippen LogP contribution in [-0.4, -0.2) is 43.0 Å². The molecule has 0 spiro atoms. The summed E-state index contributed by atoms with van der Waals surface area (Å²) >= 11 is 0. The quantitative estimate of drug-likeness (QED) is 0.694. The van der Waals surface area contributed by atoms with Gasteiger partial charge in [-0.05, 0) is 26.2 Å². The number of hydrogen-bond acceptors (Lipinski definition) is 3. The fraction of sp³-hybridized carbons (Fsp3) is 0.923. The van der Waals surface area contributed by atoms with Crippen LogP contribution in [0.4, 0.5) is 0 Å². The van der Waals surface area contributed by atoms with Gasteiger partial charge in [-0.1, -0.05) is 13.8 Å². The molecule has 0 N–H and O–H groups in total. The van der Waals surface area contributed by atoms with Crippen molar-refractivity contribution >= 4 is 5.78 Å². The van der Waals surface area contributed by atoms with Crippen LogP contribution in [-0.2, 0) is 9.53 Å². The van der Waals surface area contributed by atoms with Gasteiger partial charge >= 0.3 is 0 Å². The molecule has 0 saturated carbocycles. The van der Waals surface area contributed by atoms with E-state index in [4.69, 9.17) is 4.74 Å². The molecule has 0 aromatic carbocycles. The number of ether oxygens (including phenoxy) is 1. The van der Waals surface area contributed by atoms with E-state index in [0.29, 0.717) is 30.9 Å². The second-order valence-electron chi connectivity index (χ2n) is 5.44. The Morgan fingerprint density at radius 3 is 2.50 bits per heavy atom. The molecule has 0 aromatic heterocycles. The van der Waals surface area contributed by atoms with Crippen LogP contribution in [0.15, 0.2) is 0 Å². The number of carbonyl (C=O) groups is 1. The first-order valence-corrected chi connectivity index (χ1v) is 6.35. The minimum Gasteiger partial charge on any atom is -0.381 e. The van der Waals surface area contributed by atoms with Crippen LogP contribution in [0, 0.1) is 11.8 Å². The third kappa shape index (κ3) is 4.22. The second-order valence-corrected chi connectivity index (χ2v) is 5.44. The van der Waals surface area contributed by atoms with Gasteiger partial charge in [-0.2, -0.15) is 0 Å². The summed E-state index contributed by atoms with van der Waals surface area (Å²) in [5.74, 6) is 1.11. The molecule has 0 radical (unpaired) electrons. The van der Waals surface area contributed by atoms with E-state index in [1.807, 2.05) is 0 Å². The van der Waals surface area contributed by atoms with E-state index >= 15 is 0 Å². The van der Waals surface area contributed by atoms with Crippen LogP contribution in [0.25, 0.3) is 0 Å². The molecule has 1 heterocycles.